The molecule has 0 spiro atoms. The average Bonchev–Trinajstić information content (AvgIpc) is 2.82. The van der Waals surface area contributed by atoms with E-state index in [4.69, 9.17) is 18.0 Å². The molecule has 0 aliphatic carbocycles. The second-order valence-corrected chi connectivity index (χ2v) is 4.59. The Balaban J connectivity index is 2.24. The molecule has 6 nitrogen and oxygen atoms in total. The summed E-state index contributed by atoms with van der Waals surface area (Å²) in [5, 5.41) is 4.13. The Hall–Kier alpha value is -2.02. The molecule has 0 saturated carbocycles. The summed E-state index contributed by atoms with van der Waals surface area (Å²) in [5.74, 6) is -0.0817. The molecule has 100 valence electrons. The van der Waals surface area contributed by atoms with Gasteiger partial charge in [-0.2, -0.15) is 5.10 Å². The van der Waals surface area contributed by atoms with Crippen molar-refractivity contribution in [1.29, 1.82) is 0 Å². The summed E-state index contributed by atoms with van der Waals surface area (Å²) in [4.78, 5) is 18.5. The Morgan fingerprint density at radius 2 is 2.32 bits per heavy atom. The van der Waals surface area contributed by atoms with Gasteiger partial charge in [0.25, 0.3) is 5.91 Å². The van der Waals surface area contributed by atoms with E-state index in [0.717, 1.165) is 0 Å². The summed E-state index contributed by atoms with van der Waals surface area (Å²) in [6, 6.07) is 0. The second-order valence-electron chi connectivity index (χ2n) is 4.07. The lowest BCUT2D eigenvalue weighted by molar-refractivity contribution is 0.0771. The van der Waals surface area contributed by atoms with E-state index in [1.807, 2.05) is 6.92 Å². The average molecular weight is 277 g/mol. The van der Waals surface area contributed by atoms with Gasteiger partial charge in [-0.15, -0.1) is 0 Å². The molecular formula is C12H15N5OS. The third-order valence-corrected chi connectivity index (χ3v) is 3.06. The topological polar surface area (TPSA) is 76.5 Å². The number of amides is 1. The number of nitrogens with zero attached hydrogens (tertiary/aromatic N) is 4. The zero-order chi connectivity index (χ0) is 13.8. The SMILES string of the molecule is CCN(CCC(N)=S)C(=O)c1cnn2ccncc12. The van der Waals surface area contributed by atoms with Crippen LogP contribution in [0.3, 0.4) is 0 Å². The molecule has 0 aliphatic heterocycles. The first-order valence-corrected chi connectivity index (χ1v) is 6.39. The van der Waals surface area contributed by atoms with Gasteiger partial charge < -0.3 is 10.6 Å². The highest BCUT2D eigenvalue weighted by Crippen LogP contribution is 2.12. The maximum Gasteiger partial charge on any atom is 0.257 e. The zero-order valence-electron chi connectivity index (χ0n) is 10.6. The molecule has 2 heterocycles. The third-order valence-electron chi connectivity index (χ3n) is 2.85. The summed E-state index contributed by atoms with van der Waals surface area (Å²) >= 11 is 4.84. The Labute approximate surface area is 116 Å². The summed E-state index contributed by atoms with van der Waals surface area (Å²) in [7, 11) is 0. The van der Waals surface area contributed by atoms with Crippen LogP contribution in [0.5, 0.6) is 0 Å². The maximum absolute atomic E-state index is 12.4. The van der Waals surface area contributed by atoms with Crippen LogP contribution >= 0.6 is 12.2 Å². The quantitative estimate of drug-likeness (QED) is 0.821. The summed E-state index contributed by atoms with van der Waals surface area (Å²) < 4.78 is 1.63. The van der Waals surface area contributed by atoms with Crippen LogP contribution < -0.4 is 5.73 Å². The molecule has 0 aromatic carbocycles. The van der Waals surface area contributed by atoms with Crippen LogP contribution in [0.2, 0.25) is 0 Å². The van der Waals surface area contributed by atoms with Crippen LogP contribution in [-0.4, -0.2) is 43.5 Å². The van der Waals surface area contributed by atoms with E-state index in [1.165, 1.54) is 0 Å². The summed E-state index contributed by atoms with van der Waals surface area (Å²) in [6.07, 6.45) is 7.03. The minimum atomic E-state index is -0.0817. The van der Waals surface area contributed by atoms with Gasteiger partial charge >= 0.3 is 0 Å². The van der Waals surface area contributed by atoms with E-state index < -0.39 is 0 Å². The normalized spacial score (nSPS) is 10.6. The Kier molecular flexibility index (Phi) is 4.06. The maximum atomic E-state index is 12.4. The van der Waals surface area contributed by atoms with Crippen molar-refractivity contribution in [3.8, 4) is 0 Å². The molecule has 0 bridgehead atoms. The molecule has 0 fully saturated rings. The van der Waals surface area contributed by atoms with E-state index in [9.17, 15) is 4.79 Å². The van der Waals surface area contributed by atoms with Gasteiger partial charge in [0.1, 0.15) is 0 Å². The van der Waals surface area contributed by atoms with Gasteiger partial charge in [-0.25, -0.2) is 4.52 Å². The lowest BCUT2D eigenvalue weighted by Crippen LogP contribution is -2.33. The van der Waals surface area contributed by atoms with Gasteiger partial charge in [0.15, 0.2) is 0 Å². The number of nitrogens with two attached hydrogens (primary N) is 1. The number of thiocarbonyl (C=S) groups is 1. The lowest BCUT2D eigenvalue weighted by Gasteiger charge is -2.19. The van der Waals surface area contributed by atoms with E-state index in [0.29, 0.717) is 35.6 Å². The van der Waals surface area contributed by atoms with Crippen LogP contribution in [-0.2, 0) is 0 Å². The number of aromatic nitrogens is 3. The number of hydrogen-bond donors (Lipinski definition) is 1. The third kappa shape index (κ3) is 2.87. The first kappa shape index (κ1) is 13.4. The van der Waals surface area contributed by atoms with Crippen LogP contribution in [0.1, 0.15) is 23.7 Å². The highest BCUT2D eigenvalue weighted by molar-refractivity contribution is 7.80. The molecule has 2 N–H and O–H groups in total. The molecule has 0 atom stereocenters. The second kappa shape index (κ2) is 5.75. The van der Waals surface area contributed by atoms with Crippen molar-refractivity contribution in [2.75, 3.05) is 13.1 Å². The first-order valence-electron chi connectivity index (χ1n) is 5.98. The number of fused-ring (bicyclic) bond motifs is 1. The number of hydrogen-bond acceptors (Lipinski definition) is 4. The molecular weight excluding hydrogens is 262 g/mol. The van der Waals surface area contributed by atoms with E-state index in [1.54, 1.807) is 34.2 Å². The molecule has 0 aliphatic rings. The first-order chi connectivity index (χ1) is 9.13. The van der Waals surface area contributed by atoms with E-state index in [2.05, 4.69) is 10.1 Å². The lowest BCUT2D eigenvalue weighted by atomic mass is 10.2. The van der Waals surface area contributed by atoms with Gasteiger partial charge in [0.2, 0.25) is 0 Å². The van der Waals surface area contributed by atoms with E-state index >= 15 is 0 Å². The monoisotopic (exact) mass is 277 g/mol. The highest BCUT2D eigenvalue weighted by atomic mass is 32.1. The van der Waals surface area contributed by atoms with Crippen LogP contribution in [0.15, 0.2) is 24.8 Å². The molecule has 0 saturated heterocycles. The standard InChI is InChI=1S/C12H15N5OS/c1-2-16(5-3-11(13)19)12(18)9-7-15-17-6-4-14-8-10(9)17/h4,6-8H,2-3,5H2,1H3,(H2,13,19). The summed E-state index contributed by atoms with van der Waals surface area (Å²) in [5.41, 5.74) is 6.71. The van der Waals surface area contributed by atoms with Crippen molar-refractivity contribution >= 4 is 28.6 Å². The minimum absolute atomic E-state index is 0.0817. The van der Waals surface area contributed by atoms with Crippen molar-refractivity contribution in [2.24, 2.45) is 5.73 Å². The Morgan fingerprint density at radius 1 is 1.53 bits per heavy atom. The molecule has 7 heteroatoms. The highest BCUT2D eigenvalue weighted by Gasteiger charge is 2.18. The fraction of sp³-hybridized carbons (Fsp3) is 0.333. The van der Waals surface area contributed by atoms with Gasteiger partial charge in [0, 0.05) is 31.9 Å². The molecule has 0 radical (unpaired) electrons. The van der Waals surface area contributed by atoms with Crippen molar-refractivity contribution in [1.82, 2.24) is 19.5 Å². The van der Waals surface area contributed by atoms with Gasteiger partial charge in [-0.1, -0.05) is 12.2 Å². The Morgan fingerprint density at radius 3 is 3.00 bits per heavy atom. The van der Waals surface area contributed by atoms with Crippen molar-refractivity contribution < 1.29 is 4.79 Å². The van der Waals surface area contributed by atoms with Crippen molar-refractivity contribution in [2.45, 2.75) is 13.3 Å². The van der Waals surface area contributed by atoms with Gasteiger partial charge in [-0.3, -0.25) is 9.78 Å². The molecule has 0 unspecified atom stereocenters. The van der Waals surface area contributed by atoms with E-state index in [-0.39, 0.29) is 5.91 Å². The minimum Gasteiger partial charge on any atom is -0.393 e. The molecule has 19 heavy (non-hydrogen) atoms. The predicted octanol–water partition coefficient (Wildman–Crippen LogP) is 0.868. The van der Waals surface area contributed by atoms with Crippen LogP contribution in [0, 0.1) is 0 Å². The largest absolute Gasteiger partial charge is 0.393 e. The molecule has 1 amide bonds. The fourth-order valence-electron chi connectivity index (χ4n) is 1.82. The van der Waals surface area contributed by atoms with Gasteiger partial charge in [-0.05, 0) is 6.92 Å². The number of rotatable bonds is 5. The predicted molar refractivity (Wildman–Crippen MR) is 76.0 cm³/mol. The van der Waals surface area contributed by atoms with Crippen LogP contribution in [0.4, 0.5) is 0 Å². The Bertz CT molecular complexity index is 609. The molecule has 2 aromatic heterocycles. The smallest absolute Gasteiger partial charge is 0.257 e. The fourth-order valence-corrected chi connectivity index (χ4v) is 1.91. The van der Waals surface area contributed by atoms with Crippen molar-refractivity contribution in [3.05, 3.63) is 30.4 Å². The van der Waals surface area contributed by atoms with Gasteiger partial charge in [0.05, 0.1) is 28.5 Å². The zero-order valence-corrected chi connectivity index (χ0v) is 11.4. The number of carbonyl (C=O) groups excluding carboxylic acids is 1. The molecule has 2 rings (SSSR count). The van der Waals surface area contributed by atoms with Crippen LogP contribution in [0.25, 0.3) is 5.52 Å². The number of carbonyl (C=O) groups is 1. The summed E-state index contributed by atoms with van der Waals surface area (Å²) in [6.45, 7) is 3.03. The molecule has 2 aromatic rings. The van der Waals surface area contributed by atoms with Crippen molar-refractivity contribution in [3.63, 3.8) is 0 Å².